The Balaban J connectivity index is 3.49. The molecule has 0 spiro atoms. The summed E-state index contributed by atoms with van der Waals surface area (Å²) in [6, 6.07) is 1.39. The molecule has 0 saturated carbocycles. The van der Waals surface area contributed by atoms with Gasteiger partial charge in [0.05, 0.1) is 11.1 Å². The van der Waals surface area contributed by atoms with E-state index >= 15 is 0 Å². The minimum absolute atomic E-state index is 0.0897. The van der Waals surface area contributed by atoms with E-state index in [1.165, 1.54) is 14.0 Å². The van der Waals surface area contributed by atoms with Crippen LogP contribution in [0.2, 0.25) is 0 Å². The van der Waals surface area contributed by atoms with Crippen molar-refractivity contribution in [3.63, 3.8) is 0 Å². The molecule has 0 atom stereocenters. The highest BCUT2D eigenvalue weighted by Crippen LogP contribution is 2.36. The van der Waals surface area contributed by atoms with Crippen molar-refractivity contribution in [1.82, 2.24) is 0 Å². The van der Waals surface area contributed by atoms with Gasteiger partial charge in [0.1, 0.15) is 0 Å². The third-order valence-corrected chi connectivity index (χ3v) is 2.34. The molecule has 1 rings (SSSR count). The number of rotatable bonds is 1. The summed E-state index contributed by atoms with van der Waals surface area (Å²) in [5.74, 6) is 0. The quantitative estimate of drug-likeness (QED) is 0.536. The number of benzene rings is 1. The Kier molecular flexibility index (Phi) is 3.73. The van der Waals surface area contributed by atoms with E-state index in [1.54, 1.807) is 0 Å². The van der Waals surface area contributed by atoms with E-state index in [0.717, 1.165) is 0 Å². The number of hydrogen-bond donors (Lipinski definition) is 0. The van der Waals surface area contributed by atoms with E-state index in [4.69, 9.17) is 0 Å². The lowest BCUT2D eigenvalue weighted by Gasteiger charge is -2.14. The van der Waals surface area contributed by atoms with Crippen LogP contribution in [-0.2, 0) is 12.4 Å². The second-order valence-corrected chi connectivity index (χ2v) is 3.60. The third kappa shape index (κ3) is 3.24. The highest BCUT2D eigenvalue weighted by Gasteiger charge is 2.36. The second kappa shape index (κ2) is 4.62. The summed E-state index contributed by atoms with van der Waals surface area (Å²) in [4.78, 5) is 3.59. The van der Waals surface area contributed by atoms with Crippen LogP contribution in [0.5, 0.6) is 0 Å². The van der Waals surface area contributed by atoms with Gasteiger partial charge in [0.2, 0.25) is 0 Å². The van der Waals surface area contributed by atoms with Crippen LogP contribution < -0.4 is 0 Å². The van der Waals surface area contributed by atoms with E-state index in [0.29, 0.717) is 12.1 Å². The summed E-state index contributed by atoms with van der Waals surface area (Å²) >= 11 is 0. The molecule has 0 heterocycles. The maximum atomic E-state index is 12.5. The largest absolute Gasteiger partial charge is 0.416 e. The van der Waals surface area contributed by atoms with Gasteiger partial charge < -0.3 is 0 Å². The van der Waals surface area contributed by atoms with E-state index in [1.807, 2.05) is 0 Å². The van der Waals surface area contributed by atoms with Gasteiger partial charge in [-0.2, -0.15) is 26.3 Å². The molecule has 0 aliphatic heterocycles. The van der Waals surface area contributed by atoms with Crippen molar-refractivity contribution in [3.05, 3.63) is 34.9 Å². The van der Waals surface area contributed by atoms with E-state index < -0.39 is 23.5 Å². The number of hydrogen-bond acceptors (Lipinski definition) is 1. The lowest BCUT2D eigenvalue weighted by atomic mass is 10.0. The van der Waals surface area contributed by atoms with E-state index in [9.17, 15) is 26.3 Å². The Labute approximate surface area is 99.1 Å². The van der Waals surface area contributed by atoms with Crippen LogP contribution >= 0.6 is 0 Å². The van der Waals surface area contributed by atoms with Crippen molar-refractivity contribution in [2.45, 2.75) is 19.3 Å². The fraction of sp³-hybridized carbons (Fsp3) is 0.364. The molecule has 1 aromatic rings. The molecule has 0 radical (unpaired) electrons. The lowest BCUT2D eigenvalue weighted by molar-refractivity contribution is -0.143. The Bertz CT molecular complexity index is 437. The van der Waals surface area contributed by atoms with Crippen molar-refractivity contribution in [3.8, 4) is 0 Å². The first kappa shape index (κ1) is 14.5. The molecule has 0 amide bonds. The van der Waals surface area contributed by atoms with Gasteiger partial charge in [-0.15, -0.1) is 0 Å². The average molecular weight is 269 g/mol. The monoisotopic (exact) mass is 269 g/mol. The number of halogens is 6. The van der Waals surface area contributed by atoms with Gasteiger partial charge in [-0.3, -0.25) is 4.99 Å². The molecule has 0 saturated heterocycles. The topological polar surface area (TPSA) is 12.4 Å². The highest BCUT2D eigenvalue weighted by molar-refractivity contribution is 5.99. The molecule has 0 N–H and O–H groups in total. The highest BCUT2D eigenvalue weighted by atomic mass is 19.4. The summed E-state index contributed by atoms with van der Waals surface area (Å²) in [6.45, 7) is 1.34. The molecule has 0 unspecified atom stereocenters. The molecular formula is C11H9F6N. The molecule has 0 bridgehead atoms. The van der Waals surface area contributed by atoms with Crippen LogP contribution in [0.25, 0.3) is 0 Å². The Morgan fingerprint density at radius 1 is 0.889 bits per heavy atom. The van der Waals surface area contributed by atoms with Crippen LogP contribution in [0.15, 0.2) is 23.2 Å². The molecule has 1 nitrogen and oxygen atoms in total. The minimum atomic E-state index is -4.83. The van der Waals surface area contributed by atoms with Crippen molar-refractivity contribution in [1.29, 1.82) is 0 Å². The first-order valence-electron chi connectivity index (χ1n) is 4.79. The molecule has 18 heavy (non-hydrogen) atoms. The van der Waals surface area contributed by atoms with Gasteiger partial charge in [-0.1, -0.05) is 0 Å². The summed E-state index contributed by atoms with van der Waals surface area (Å²) in [7, 11) is 1.29. The van der Waals surface area contributed by atoms with Crippen LogP contribution in [0.4, 0.5) is 26.3 Å². The van der Waals surface area contributed by atoms with Crippen molar-refractivity contribution >= 4 is 5.71 Å². The summed E-state index contributed by atoms with van der Waals surface area (Å²) in [5.41, 5.74) is -2.77. The van der Waals surface area contributed by atoms with Gasteiger partial charge in [0.15, 0.2) is 0 Å². The fourth-order valence-electron chi connectivity index (χ4n) is 1.29. The van der Waals surface area contributed by atoms with Crippen LogP contribution in [0.3, 0.4) is 0 Å². The van der Waals surface area contributed by atoms with Gasteiger partial charge >= 0.3 is 12.4 Å². The molecule has 0 aliphatic rings. The van der Waals surface area contributed by atoms with E-state index in [-0.39, 0.29) is 17.3 Å². The Hall–Kier alpha value is -1.53. The smallest absolute Gasteiger partial charge is 0.293 e. The molecule has 0 aromatic heterocycles. The zero-order chi connectivity index (χ0) is 14.1. The SMILES string of the molecule is C/N=C(\C)c1cc(C(F)(F)F)cc(C(F)(F)F)c1. The maximum absolute atomic E-state index is 12.5. The molecule has 1 aromatic carbocycles. The molecular weight excluding hydrogens is 260 g/mol. The predicted molar refractivity (Wildman–Crippen MR) is 54.6 cm³/mol. The summed E-state index contributed by atoms with van der Waals surface area (Å²) < 4.78 is 75.0. The normalized spacial score (nSPS) is 13.9. The van der Waals surface area contributed by atoms with Crippen LogP contribution in [0, 0.1) is 0 Å². The van der Waals surface area contributed by atoms with Crippen molar-refractivity contribution in [2.75, 3.05) is 7.05 Å². The van der Waals surface area contributed by atoms with Gasteiger partial charge in [-0.05, 0) is 30.7 Å². The summed E-state index contributed by atoms with van der Waals surface area (Å²) in [5, 5.41) is 0. The van der Waals surface area contributed by atoms with Gasteiger partial charge in [-0.25, -0.2) is 0 Å². The maximum Gasteiger partial charge on any atom is 0.416 e. The number of aliphatic imine (C=N–C) groups is 1. The van der Waals surface area contributed by atoms with Gasteiger partial charge in [0.25, 0.3) is 0 Å². The van der Waals surface area contributed by atoms with Crippen LogP contribution in [-0.4, -0.2) is 12.8 Å². The molecule has 100 valence electrons. The zero-order valence-corrected chi connectivity index (χ0v) is 9.45. The zero-order valence-electron chi connectivity index (χ0n) is 9.45. The van der Waals surface area contributed by atoms with Gasteiger partial charge in [0, 0.05) is 12.8 Å². The minimum Gasteiger partial charge on any atom is -0.293 e. The Morgan fingerprint density at radius 3 is 1.56 bits per heavy atom. The second-order valence-electron chi connectivity index (χ2n) is 3.60. The summed E-state index contributed by atoms with van der Waals surface area (Å²) in [6.07, 6.45) is -9.66. The first-order valence-corrected chi connectivity index (χ1v) is 4.79. The standard InChI is InChI=1S/C11H9F6N/c1-6(18-2)7-3-8(10(12,13)14)5-9(4-7)11(15,16)17/h3-5H,1-2H3/b18-6+. The number of nitrogens with zero attached hydrogens (tertiary/aromatic N) is 1. The lowest BCUT2D eigenvalue weighted by Crippen LogP contribution is -2.13. The van der Waals surface area contributed by atoms with Crippen LogP contribution in [0.1, 0.15) is 23.6 Å². The van der Waals surface area contributed by atoms with E-state index in [2.05, 4.69) is 4.99 Å². The molecule has 0 fully saturated rings. The average Bonchev–Trinajstić information content (AvgIpc) is 2.25. The Morgan fingerprint density at radius 2 is 1.28 bits per heavy atom. The first-order chi connectivity index (χ1) is 8.05. The fourth-order valence-corrected chi connectivity index (χ4v) is 1.29. The molecule has 0 aliphatic carbocycles. The predicted octanol–water partition coefficient (Wildman–Crippen LogP) is 4.16. The molecule has 7 heteroatoms. The third-order valence-electron chi connectivity index (χ3n) is 2.34. The van der Waals surface area contributed by atoms with Crippen molar-refractivity contribution in [2.24, 2.45) is 4.99 Å². The number of alkyl halides is 6. The van der Waals surface area contributed by atoms with Crippen molar-refractivity contribution < 1.29 is 26.3 Å².